The van der Waals surface area contributed by atoms with Gasteiger partial charge in [-0.3, -0.25) is 10.1 Å². The molecule has 0 N–H and O–H groups in total. The van der Waals surface area contributed by atoms with Crippen molar-refractivity contribution in [2.75, 3.05) is 42.2 Å². The van der Waals surface area contributed by atoms with E-state index < -0.39 is 26.3 Å². The zero-order chi connectivity index (χ0) is 20.5. The molecule has 10 heteroatoms. The molecule has 1 aliphatic rings. The number of nitrogens with zero attached hydrogens (tertiary/aromatic N) is 4. The van der Waals surface area contributed by atoms with E-state index in [2.05, 4.69) is 0 Å². The summed E-state index contributed by atoms with van der Waals surface area (Å²) >= 11 is 0. The van der Waals surface area contributed by atoms with E-state index in [-0.39, 0.29) is 16.1 Å². The maximum atomic E-state index is 14.2. The SMILES string of the molecule is CS(=O)(=O)c1cccc(N2CCN(c3ccc(C#N)cc3F)CC2)c1[N+](=O)[O-]. The fraction of sp³-hybridized carbons (Fsp3) is 0.278. The molecule has 3 rings (SSSR count). The number of benzene rings is 2. The molecule has 146 valence electrons. The Balaban J connectivity index is 1.86. The predicted molar refractivity (Wildman–Crippen MR) is 102 cm³/mol. The van der Waals surface area contributed by atoms with E-state index in [1.54, 1.807) is 9.80 Å². The lowest BCUT2D eigenvalue weighted by atomic mass is 10.1. The van der Waals surface area contributed by atoms with Crippen molar-refractivity contribution in [3.63, 3.8) is 0 Å². The minimum absolute atomic E-state index is 0.230. The van der Waals surface area contributed by atoms with Crippen LogP contribution >= 0.6 is 0 Å². The van der Waals surface area contributed by atoms with Gasteiger partial charge in [0.25, 0.3) is 0 Å². The van der Waals surface area contributed by atoms with Gasteiger partial charge < -0.3 is 9.80 Å². The van der Waals surface area contributed by atoms with Gasteiger partial charge in [-0.15, -0.1) is 0 Å². The predicted octanol–water partition coefficient (Wildman–Crippen LogP) is 2.34. The fourth-order valence-corrected chi connectivity index (χ4v) is 4.13. The number of rotatable bonds is 4. The lowest BCUT2D eigenvalue weighted by Gasteiger charge is -2.37. The Morgan fingerprint density at radius 1 is 1.11 bits per heavy atom. The smallest absolute Gasteiger partial charge is 0.311 e. The normalized spacial score (nSPS) is 14.6. The van der Waals surface area contributed by atoms with Crippen molar-refractivity contribution in [1.82, 2.24) is 0 Å². The molecule has 1 fully saturated rings. The van der Waals surface area contributed by atoms with Gasteiger partial charge in [0.15, 0.2) is 9.84 Å². The molecule has 0 atom stereocenters. The monoisotopic (exact) mass is 404 g/mol. The first-order valence-corrected chi connectivity index (χ1v) is 10.3. The molecule has 0 saturated carbocycles. The highest BCUT2D eigenvalue weighted by Crippen LogP contribution is 2.35. The molecular weight excluding hydrogens is 387 g/mol. The molecule has 2 aromatic rings. The number of anilines is 2. The van der Waals surface area contributed by atoms with Gasteiger partial charge in [-0.1, -0.05) is 6.07 Å². The molecule has 0 spiro atoms. The van der Waals surface area contributed by atoms with Crippen LogP contribution in [0.4, 0.5) is 21.5 Å². The number of piperazine rings is 1. The molecule has 2 aromatic carbocycles. The number of hydrogen-bond donors (Lipinski definition) is 0. The number of nitro groups is 1. The third kappa shape index (κ3) is 3.75. The Kier molecular flexibility index (Phi) is 5.20. The van der Waals surface area contributed by atoms with Crippen LogP contribution < -0.4 is 9.80 Å². The van der Waals surface area contributed by atoms with Crippen LogP contribution in [-0.2, 0) is 9.84 Å². The van der Waals surface area contributed by atoms with Crippen molar-refractivity contribution in [2.24, 2.45) is 0 Å². The molecule has 1 aliphatic heterocycles. The van der Waals surface area contributed by atoms with E-state index in [4.69, 9.17) is 5.26 Å². The highest BCUT2D eigenvalue weighted by molar-refractivity contribution is 7.90. The molecular formula is C18H17FN4O4S. The van der Waals surface area contributed by atoms with E-state index in [1.165, 1.54) is 36.4 Å². The van der Waals surface area contributed by atoms with Crippen LogP contribution in [-0.4, -0.2) is 45.8 Å². The average molecular weight is 404 g/mol. The molecule has 1 heterocycles. The van der Waals surface area contributed by atoms with Gasteiger partial charge in [0.2, 0.25) is 0 Å². The first kappa shape index (κ1) is 19.6. The number of nitriles is 1. The fourth-order valence-electron chi connectivity index (χ4n) is 3.27. The van der Waals surface area contributed by atoms with Crippen molar-refractivity contribution in [1.29, 1.82) is 5.26 Å². The second-order valence-corrected chi connectivity index (χ2v) is 8.39. The minimum Gasteiger partial charge on any atom is -0.366 e. The molecule has 28 heavy (non-hydrogen) atoms. The van der Waals surface area contributed by atoms with E-state index in [9.17, 15) is 22.9 Å². The molecule has 0 radical (unpaired) electrons. The standard InChI is InChI=1S/C18H17FN4O4S/c1-28(26,27)17-4-2-3-16(18(17)23(24)25)22-9-7-21(8-10-22)15-6-5-13(12-20)11-14(15)19/h2-6,11H,7-10H2,1H3. The van der Waals surface area contributed by atoms with Gasteiger partial charge >= 0.3 is 5.69 Å². The summed E-state index contributed by atoms with van der Waals surface area (Å²) in [7, 11) is -3.76. The van der Waals surface area contributed by atoms with Crippen LogP contribution in [0.25, 0.3) is 0 Å². The summed E-state index contributed by atoms with van der Waals surface area (Å²) in [5.74, 6) is -0.502. The van der Waals surface area contributed by atoms with Gasteiger partial charge in [-0.25, -0.2) is 12.8 Å². The quantitative estimate of drug-likeness (QED) is 0.568. The molecule has 0 aliphatic carbocycles. The van der Waals surface area contributed by atoms with Gasteiger partial charge in [0.05, 0.1) is 22.2 Å². The van der Waals surface area contributed by atoms with Gasteiger partial charge in [0.1, 0.15) is 16.4 Å². The molecule has 0 aromatic heterocycles. The van der Waals surface area contributed by atoms with Crippen LogP contribution in [0.3, 0.4) is 0 Å². The van der Waals surface area contributed by atoms with Crippen LogP contribution in [0.15, 0.2) is 41.3 Å². The van der Waals surface area contributed by atoms with E-state index in [0.717, 1.165) is 6.26 Å². The zero-order valence-electron chi connectivity index (χ0n) is 15.0. The number of sulfone groups is 1. The number of halogens is 1. The van der Waals surface area contributed by atoms with Crippen molar-refractivity contribution in [3.8, 4) is 6.07 Å². The first-order valence-electron chi connectivity index (χ1n) is 8.39. The summed E-state index contributed by atoms with van der Waals surface area (Å²) in [5, 5.41) is 20.4. The summed E-state index contributed by atoms with van der Waals surface area (Å²) in [4.78, 5) is 14.1. The Morgan fingerprint density at radius 3 is 2.21 bits per heavy atom. The van der Waals surface area contributed by atoms with E-state index in [1.807, 2.05) is 6.07 Å². The lowest BCUT2D eigenvalue weighted by Crippen LogP contribution is -2.47. The first-order chi connectivity index (χ1) is 13.2. The number of hydrogen-bond acceptors (Lipinski definition) is 7. The second-order valence-electron chi connectivity index (χ2n) is 6.41. The molecule has 0 bridgehead atoms. The highest BCUT2D eigenvalue weighted by Gasteiger charge is 2.30. The van der Waals surface area contributed by atoms with Crippen LogP contribution in [0.5, 0.6) is 0 Å². The largest absolute Gasteiger partial charge is 0.366 e. The van der Waals surface area contributed by atoms with Crippen molar-refractivity contribution < 1.29 is 17.7 Å². The van der Waals surface area contributed by atoms with Gasteiger partial charge in [0, 0.05) is 32.4 Å². The van der Waals surface area contributed by atoms with E-state index in [0.29, 0.717) is 31.9 Å². The third-order valence-electron chi connectivity index (χ3n) is 4.60. The summed E-state index contributed by atoms with van der Waals surface area (Å²) in [5.41, 5.74) is 0.377. The van der Waals surface area contributed by atoms with Crippen LogP contribution in [0.2, 0.25) is 0 Å². The molecule has 8 nitrogen and oxygen atoms in total. The highest BCUT2D eigenvalue weighted by atomic mass is 32.2. The van der Waals surface area contributed by atoms with Crippen LogP contribution in [0.1, 0.15) is 5.56 Å². The van der Waals surface area contributed by atoms with Crippen molar-refractivity contribution in [2.45, 2.75) is 4.90 Å². The Morgan fingerprint density at radius 2 is 1.71 bits per heavy atom. The van der Waals surface area contributed by atoms with Gasteiger partial charge in [-0.05, 0) is 30.3 Å². The summed E-state index contributed by atoms with van der Waals surface area (Å²) < 4.78 is 38.1. The summed E-state index contributed by atoms with van der Waals surface area (Å²) in [6.07, 6.45) is 0.935. The molecule has 0 amide bonds. The zero-order valence-corrected chi connectivity index (χ0v) is 15.8. The summed E-state index contributed by atoms with van der Waals surface area (Å²) in [6, 6.07) is 10.3. The summed E-state index contributed by atoms with van der Waals surface area (Å²) in [6.45, 7) is 1.49. The number of para-hydroxylation sites is 1. The topological polar surface area (TPSA) is 108 Å². The lowest BCUT2D eigenvalue weighted by molar-refractivity contribution is -0.387. The Hall–Kier alpha value is -3.19. The molecule has 1 saturated heterocycles. The second kappa shape index (κ2) is 7.44. The van der Waals surface area contributed by atoms with Crippen molar-refractivity contribution >= 4 is 26.9 Å². The maximum Gasteiger partial charge on any atom is 0.311 e. The average Bonchev–Trinajstić information content (AvgIpc) is 2.66. The van der Waals surface area contributed by atoms with Crippen molar-refractivity contribution in [3.05, 3.63) is 57.9 Å². The van der Waals surface area contributed by atoms with E-state index >= 15 is 0 Å². The maximum absolute atomic E-state index is 14.2. The van der Waals surface area contributed by atoms with Crippen LogP contribution in [0, 0.1) is 27.3 Å². The number of nitro benzene ring substituents is 1. The van der Waals surface area contributed by atoms with Gasteiger partial charge in [-0.2, -0.15) is 5.26 Å². The molecule has 0 unspecified atom stereocenters. The Labute approximate surface area is 161 Å². The third-order valence-corrected chi connectivity index (χ3v) is 5.73. The minimum atomic E-state index is -3.76. The Bertz CT molecular complexity index is 1070.